The summed E-state index contributed by atoms with van der Waals surface area (Å²) in [5.74, 6) is 0.631. The van der Waals surface area contributed by atoms with Crippen molar-refractivity contribution in [2.24, 2.45) is 13.0 Å². The number of rotatable bonds is 5. The average molecular weight is 308 g/mol. The second kappa shape index (κ2) is 7.42. The van der Waals surface area contributed by atoms with Gasteiger partial charge in [0.15, 0.2) is 5.78 Å². The van der Waals surface area contributed by atoms with Gasteiger partial charge in [-0.05, 0) is 49.6 Å². The summed E-state index contributed by atoms with van der Waals surface area (Å²) in [6.45, 7) is 3.23. The molecule has 0 N–H and O–H groups in total. The molecule has 3 nitrogen and oxygen atoms in total. The van der Waals surface area contributed by atoms with Crippen LogP contribution in [0.5, 0.6) is 0 Å². The van der Waals surface area contributed by atoms with Crippen molar-refractivity contribution in [1.29, 1.82) is 0 Å². The van der Waals surface area contributed by atoms with Gasteiger partial charge >= 0.3 is 0 Å². The average Bonchev–Trinajstić information content (AvgIpc) is 3.01. The SMILES string of the molecule is Cn1ccc(C(=O)C=CC2CCN(Cc3ccccc3)CC2)c1. The van der Waals surface area contributed by atoms with Crippen LogP contribution in [0, 0.1) is 5.92 Å². The molecule has 0 spiro atoms. The highest BCUT2D eigenvalue weighted by Crippen LogP contribution is 2.20. The number of carbonyl (C=O) groups excluding carboxylic acids is 1. The predicted molar refractivity (Wildman–Crippen MR) is 93.3 cm³/mol. The lowest BCUT2D eigenvalue weighted by Crippen LogP contribution is -2.32. The fourth-order valence-corrected chi connectivity index (χ4v) is 3.11. The Kier molecular flexibility index (Phi) is 5.09. The minimum absolute atomic E-state index is 0.109. The summed E-state index contributed by atoms with van der Waals surface area (Å²) in [4.78, 5) is 14.6. The Morgan fingerprint density at radius 2 is 1.91 bits per heavy atom. The van der Waals surface area contributed by atoms with Crippen LogP contribution >= 0.6 is 0 Å². The van der Waals surface area contributed by atoms with Gasteiger partial charge < -0.3 is 4.57 Å². The van der Waals surface area contributed by atoms with E-state index in [-0.39, 0.29) is 5.78 Å². The molecule has 0 bridgehead atoms. The number of ketones is 1. The zero-order chi connectivity index (χ0) is 16.1. The molecule has 0 atom stereocenters. The van der Waals surface area contributed by atoms with Gasteiger partial charge in [-0.3, -0.25) is 9.69 Å². The van der Waals surface area contributed by atoms with Gasteiger partial charge in [0.1, 0.15) is 0 Å². The molecule has 1 aliphatic heterocycles. The van der Waals surface area contributed by atoms with Crippen LogP contribution in [-0.2, 0) is 13.6 Å². The van der Waals surface area contributed by atoms with Crippen molar-refractivity contribution in [1.82, 2.24) is 9.47 Å². The highest BCUT2D eigenvalue weighted by atomic mass is 16.1. The van der Waals surface area contributed by atoms with Crippen LogP contribution < -0.4 is 0 Å². The van der Waals surface area contributed by atoms with E-state index >= 15 is 0 Å². The van der Waals surface area contributed by atoms with Crippen molar-refractivity contribution >= 4 is 5.78 Å². The molecule has 1 aliphatic rings. The number of hydrogen-bond acceptors (Lipinski definition) is 2. The van der Waals surface area contributed by atoms with Crippen molar-refractivity contribution in [2.45, 2.75) is 19.4 Å². The summed E-state index contributed by atoms with van der Waals surface area (Å²) < 4.78 is 1.91. The Hall–Kier alpha value is -2.13. The second-order valence-corrected chi connectivity index (χ2v) is 6.39. The lowest BCUT2D eigenvalue weighted by Gasteiger charge is -2.30. The largest absolute Gasteiger partial charge is 0.357 e. The molecule has 1 fully saturated rings. The smallest absolute Gasteiger partial charge is 0.187 e. The third-order valence-corrected chi connectivity index (χ3v) is 4.52. The van der Waals surface area contributed by atoms with Crippen molar-refractivity contribution in [3.8, 4) is 0 Å². The summed E-state index contributed by atoms with van der Waals surface area (Å²) in [6, 6.07) is 12.5. The van der Waals surface area contributed by atoms with Crippen molar-refractivity contribution < 1.29 is 4.79 Å². The molecule has 3 rings (SSSR count). The number of nitrogens with zero attached hydrogens (tertiary/aromatic N) is 2. The summed E-state index contributed by atoms with van der Waals surface area (Å²) in [6.07, 6.45) is 9.90. The molecule has 120 valence electrons. The van der Waals surface area contributed by atoms with Gasteiger partial charge in [0.05, 0.1) is 0 Å². The van der Waals surface area contributed by atoms with Crippen LogP contribution in [0.15, 0.2) is 60.9 Å². The topological polar surface area (TPSA) is 25.2 Å². The van der Waals surface area contributed by atoms with E-state index in [2.05, 4.69) is 41.3 Å². The molecule has 2 heterocycles. The second-order valence-electron chi connectivity index (χ2n) is 6.39. The highest BCUT2D eigenvalue weighted by molar-refractivity contribution is 6.04. The quantitative estimate of drug-likeness (QED) is 0.622. The number of benzene rings is 1. The maximum atomic E-state index is 12.1. The van der Waals surface area contributed by atoms with Crippen LogP contribution in [0.4, 0.5) is 0 Å². The predicted octanol–water partition coefficient (Wildman–Crippen LogP) is 3.68. The Morgan fingerprint density at radius 1 is 1.17 bits per heavy atom. The van der Waals surface area contributed by atoms with Crippen molar-refractivity contribution in [3.63, 3.8) is 0 Å². The molecule has 0 saturated carbocycles. The van der Waals surface area contributed by atoms with E-state index in [0.717, 1.165) is 38.0 Å². The van der Waals surface area contributed by atoms with E-state index in [9.17, 15) is 4.79 Å². The van der Waals surface area contributed by atoms with E-state index in [1.807, 2.05) is 30.1 Å². The van der Waals surface area contributed by atoms with Crippen LogP contribution in [0.1, 0.15) is 28.8 Å². The fraction of sp³-hybridized carbons (Fsp3) is 0.350. The molecule has 1 saturated heterocycles. The van der Waals surface area contributed by atoms with E-state index in [1.165, 1.54) is 5.56 Å². The van der Waals surface area contributed by atoms with Gasteiger partial charge in [0.25, 0.3) is 0 Å². The van der Waals surface area contributed by atoms with E-state index in [4.69, 9.17) is 0 Å². The lowest BCUT2D eigenvalue weighted by molar-refractivity contribution is 0.104. The minimum atomic E-state index is 0.109. The van der Waals surface area contributed by atoms with Gasteiger partial charge in [0.2, 0.25) is 0 Å². The Morgan fingerprint density at radius 3 is 2.57 bits per heavy atom. The number of carbonyl (C=O) groups is 1. The monoisotopic (exact) mass is 308 g/mol. The summed E-state index contributed by atoms with van der Waals surface area (Å²) in [7, 11) is 1.93. The van der Waals surface area contributed by atoms with Gasteiger partial charge in [-0.1, -0.05) is 36.4 Å². The fourth-order valence-electron chi connectivity index (χ4n) is 3.11. The molecule has 1 aromatic carbocycles. The van der Waals surface area contributed by atoms with Crippen LogP contribution in [0.25, 0.3) is 0 Å². The van der Waals surface area contributed by atoms with Gasteiger partial charge in [0, 0.05) is 31.5 Å². The third kappa shape index (κ3) is 4.42. The number of hydrogen-bond donors (Lipinski definition) is 0. The van der Waals surface area contributed by atoms with Crippen molar-refractivity contribution in [2.75, 3.05) is 13.1 Å². The first kappa shape index (κ1) is 15.8. The van der Waals surface area contributed by atoms with Crippen LogP contribution in [0.3, 0.4) is 0 Å². The summed E-state index contributed by atoms with van der Waals surface area (Å²) in [5, 5.41) is 0. The van der Waals surface area contributed by atoms with E-state index < -0.39 is 0 Å². The van der Waals surface area contributed by atoms with Gasteiger partial charge in [-0.25, -0.2) is 0 Å². The van der Waals surface area contributed by atoms with E-state index in [1.54, 1.807) is 6.08 Å². The summed E-state index contributed by atoms with van der Waals surface area (Å²) >= 11 is 0. The highest BCUT2D eigenvalue weighted by Gasteiger charge is 2.17. The molecule has 2 aromatic rings. The zero-order valence-electron chi connectivity index (χ0n) is 13.7. The molecule has 3 heteroatoms. The number of piperidine rings is 1. The molecule has 0 amide bonds. The minimum Gasteiger partial charge on any atom is -0.357 e. The normalized spacial score (nSPS) is 16.9. The molecule has 1 aromatic heterocycles. The number of aryl methyl sites for hydroxylation is 1. The molecule has 0 aliphatic carbocycles. The maximum Gasteiger partial charge on any atom is 0.187 e. The molecule has 23 heavy (non-hydrogen) atoms. The lowest BCUT2D eigenvalue weighted by atomic mass is 9.95. The number of likely N-dealkylation sites (tertiary alicyclic amines) is 1. The first-order chi connectivity index (χ1) is 11.2. The zero-order valence-corrected chi connectivity index (χ0v) is 13.7. The standard InChI is InChI=1S/C20H24N2O/c1-21-12-11-19(16-21)20(23)8-7-17-9-13-22(14-10-17)15-18-5-3-2-4-6-18/h2-8,11-12,16-17H,9-10,13-15H2,1H3. The number of aromatic nitrogens is 1. The first-order valence-corrected chi connectivity index (χ1v) is 8.31. The Balaban J connectivity index is 1.47. The Bertz CT molecular complexity index is 664. The number of allylic oxidation sites excluding steroid dienone is 2. The molecular formula is C20H24N2O. The molecule has 0 radical (unpaired) electrons. The van der Waals surface area contributed by atoms with E-state index in [0.29, 0.717) is 5.92 Å². The molecular weight excluding hydrogens is 284 g/mol. The van der Waals surface area contributed by atoms with Gasteiger partial charge in [-0.2, -0.15) is 0 Å². The molecule has 0 unspecified atom stereocenters. The van der Waals surface area contributed by atoms with Gasteiger partial charge in [-0.15, -0.1) is 0 Å². The van der Waals surface area contributed by atoms with Crippen molar-refractivity contribution in [3.05, 3.63) is 72.1 Å². The maximum absolute atomic E-state index is 12.1. The van der Waals surface area contributed by atoms with Crippen LogP contribution in [0.2, 0.25) is 0 Å². The Labute approximate surface area is 138 Å². The van der Waals surface area contributed by atoms with Crippen LogP contribution in [-0.4, -0.2) is 28.3 Å². The summed E-state index contributed by atoms with van der Waals surface area (Å²) in [5.41, 5.74) is 2.14. The third-order valence-electron chi connectivity index (χ3n) is 4.52. The first-order valence-electron chi connectivity index (χ1n) is 8.31.